The summed E-state index contributed by atoms with van der Waals surface area (Å²) in [6, 6.07) is 0. The van der Waals surface area contributed by atoms with E-state index >= 15 is 0 Å². The predicted octanol–water partition coefficient (Wildman–Crippen LogP) is 2.93. The second-order valence-corrected chi connectivity index (χ2v) is 7.23. The molecule has 4 nitrogen and oxygen atoms in total. The highest BCUT2D eigenvalue weighted by molar-refractivity contribution is 5.85. The summed E-state index contributed by atoms with van der Waals surface area (Å²) in [5.41, 5.74) is 6.09. The summed E-state index contributed by atoms with van der Waals surface area (Å²) in [6.45, 7) is 11.7. The first-order valence-electron chi connectivity index (χ1n) is 8.78. The van der Waals surface area contributed by atoms with Crippen LogP contribution in [0.5, 0.6) is 0 Å². The quantitative estimate of drug-likeness (QED) is 0.812. The van der Waals surface area contributed by atoms with Gasteiger partial charge in [0.15, 0.2) is 0 Å². The molecule has 1 saturated carbocycles. The fourth-order valence-corrected chi connectivity index (χ4v) is 4.01. The molecule has 3 unspecified atom stereocenters. The predicted molar refractivity (Wildman–Crippen MR) is 102 cm³/mol. The van der Waals surface area contributed by atoms with E-state index in [9.17, 15) is 4.79 Å². The minimum atomic E-state index is -0.299. The molecule has 2 aliphatic rings. The van der Waals surface area contributed by atoms with E-state index in [0.29, 0.717) is 11.8 Å². The van der Waals surface area contributed by atoms with Crippen molar-refractivity contribution in [3.63, 3.8) is 0 Å². The lowest BCUT2D eigenvalue weighted by atomic mass is 9.74. The molecule has 0 aromatic carbocycles. The zero-order valence-corrected chi connectivity index (χ0v) is 16.6. The fourth-order valence-electron chi connectivity index (χ4n) is 4.01. The van der Waals surface area contributed by atoms with Gasteiger partial charge in [-0.25, -0.2) is 0 Å². The SMILES string of the molecule is CCN(CC)CC1CCN(C(=O)C2CCCCC2(C)N)C1.Cl.Cl. The van der Waals surface area contributed by atoms with Crippen LogP contribution in [-0.2, 0) is 4.79 Å². The average Bonchev–Trinajstić information content (AvgIpc) is 2.92. The molecular formula is C17H35Cl2N3O. The summed E-state index contributed by atoms with van der Waals surface area (Å²) < 4.78 is 0. The number of nitrogens with zero attached hydrogens (tertiary/aromatic N) is 2. The molecule has 3 atom stereocenters. The molecule has 0 bridgehead atoms. The molecule has 2 N–H and O–H groups in total. The maximum atomic E-state index is 12.8. The van der Waals surface area contributed by atoms with Gasteiger partial charge in [0.2, 0.25) is 5.91 Å². The highest BCUT2D eigenvalue weighted by atomic mass is 35.5. The number of hydrogen-bond donors (Lipinski definition) is 1. The monoisotopic (exact) mass is 367 g/mol. The van der Waals surface area contributed by atoms with Gasteiger partial charge >= 0.3 is 0 Å². The first kappa shape index (κ1) is 23.0. The Morgan fingerprint density at radius 2 is 1.87 bits per heavy atom. The molecule has 138 valence electrons. The van der Waals surface area contributed by atoms with Gasteiger partial charge in [0, 0.05) is 25.2 Å². The van der Waals surface area contributed by atoms with E-state index in [1.54, 1.807) is 0 Å². The summed E-state index contributed by atoms with van der Waals surface area (Å²) >= 11 is 0. The molecule has 0 spiro atoms. The van der Waals surface area contributed by atoms with Crippen molar-refractivity contribution in [2.45, 2.75) is 58.4 Å². The summed E-state index contributed by atoms with van der Waals surface area (Å²) in [5.74, 6) is 1.00. The maximum absolute atomic E-state index is 12.8. The smallest absolute Gasteiger partial charge is 0.227 e. The molecule has 1 amide bonds. The Morgan fingerprint density at radius 1 is 1.22 bits per heavy atom. The van der Waals surface area contributed by atoms with Crippen LogP contribution in [0.4, 0.5) is 0 Å². The lowest BCUT2D eigenvalue weighted by Gasteiger charge is -2.39. The van der Waals surface area contributed by atoms with Gasteiger partial charge in [-0.15, -0.1) is 24.8 Å². The van der Waals surface area contributed by atoms with Crippen molar-refractivity contribution in [1.82, 2.24) is 9.80 Å². The van der Waals surface area contributed by atoms with Crippen LogP contribution in [0.2, 0.25) is 0 Å². The van der Waals surface area contributed by atoms with Gasteiger partial charge in [-0.2, -0.15) is 0 Å². The van der Waals surface area contributed by atoms with Crippen LogP contribution in [0.15, 0.2) is 0 Å². The third kappa shape index (κ3) is 5.77. The Balaban J connectivity index is 0.00000242. The number of carbonyl (C=O) groups excluding carboxylic acids is 1. The van der Waals surface area contributed by atoms with E-state index in [-0.39, 0.29) is 36.3 Å². The van der Waals surface area contributed by atoms with E-state index in [1.165, 1.54) is 6.42 Å². The minimum Gasteiger partial charge on any atom is -0.342 e. The van der Waals surface area contributed by atoms with Gasteiger partial charge in [0.05, 0.1) is 5.92 Å². The highest BCUT2D eigenvalue weighted by Crippen LogP contribution is 2.34. The van der Waals surface area contributed by atoms with Crippen LogP contribution in [0.25, 0.3) is 0 Å². The number of hydrogen-bond acceptors (Lipinski definition) is 3. The van der Waals surface area contributed by atoms with Crippen LogP contribution in [0, 0.1) is 11.8 Å². The van der Waals surface area contributed by atoms with Crippen molar-refractivity contribution in [3.05, 3.63) is 0 Å². The average molecular weight is 368 g/mol. The standard InChI is InChI=1S/C17H33N3O.2ClH/c1-4-19(5-2)12-14-9-11-20(13-14)16(21)15-8-6-7-10-17(15,3)18;;/h14-15H,4-13,18H2,1-3H3;2*1H. The second kappa shape index (κ2) is 10.1. The van der Waals surface area contributed by atoms with Crippen LogP contribution in [0.1, 0.15) is 52.9 Å². The first-order valence-corrected chi connectivity index (χ1v) is 8.78. The Morgan fingerprint density at radius 3 is 2.43 bits per heavy atom. The number of halogens is 2. The third-order valence-corrected chi connectivity index (χ3v) is 5.56. The molecule has 1 aliphatic heterocycles. The van der Waals surface area contributed by atoms with Crippen molar-refractivity contribution in [2.75, 3.05) is 32.7 Å². The highest BCUT2D eigenvalue weighted by Gasteiger charge is 2.41. The number of likely N-dealkylation sites (tertiary alicyclic amines) is 1. The van der Waals surface area contributed by atoms with E-state index in [0.717, 1.165) is 58.4 Å². The minimum absolute atomic E-state index is 0. The van der Waals surface area contributed by atoms with Crippen LogP contribution >= 0.6 is 24.8 Å². The summed E-state index contributed by atoms with van der Waals surface area (Å²) in [6.07, 6.45) is 5.43. The van der Waals surface area contributed by atoms with E-state index < -0.39 is 0 Å². The fraction of sp³-hybridized carbons (Fsp3) is 0.941. The largest absolute Gasteiger partial charge is 0.342 e. The number of carbonyl (C=O) groups is 1. The van der Waals surface area contributed by atoms with Gasteiger partial charge in [-0.3, -0.25) is 4.79 Å². The van der Waals surface area contributed by atoms with E-state index in [4.69, 9.17) is 5.73 Å². The Labute approximate surface area is 154 Å². The lowest BCUT2D eigenvalue weighted by Crippen LogP contribution is -2.53. The zero-order valence-electron chi connectivity index (χ0n) is 14.9. The van der Waals surface area contributed by atoms with Crippen LogP contribution in [-0.4, -0.2) is 54.0 Å². The summed E-state index contributed by atoms with van der Waals surface area (Å²) in [7, 11) is 0. The van der Waals surface area contributed by atoms with Gasteiger partial charge < -0.3 is 15.5 Å². The van der Waals surface area contributed by atoms with Crippen molar-refractivity contribution < 1.29 is 4.79 Å². The van der Waals surface area contributed by atoms with Crippen molar-refractivity contribution in [2.24, 2.45) is 17.6 Å². The molecule has 1 aliphatic carbocycles. The maximum Gasteiger partial charge on any atom is 0.227 e. The Bertz CT molecular complexity index is 362. The van der Waals surface area contributed by atoms with E-state index in [1.807, 2.05) is 0 Å². The second-order valence-electron chi connectivity index (χ2n) is 7.23. The molecule has 0 radical (unpaired) electrons. The van der Waals surface area contributed by atoms with Gasteiger partial charge in [-0.05, 0) is 45.2 Å². The summed E-state index contributed by atoms with van der Waals surface area (Å²) in [4.78, 5) is 17.4. The van der Waals surface area contributed by atoms with Crippen molar-refractivity contribution >= 4 is 30.7 Å². The summed E-state index contributed by atoms with van der Waals surface area (Å²) in [5, 5.41) is 0. The molecule has 0 aromatic heterocycles. The van der Waals surface area contributed by atoms with Crippen molar-refractivity contribution in [3.8, 4) is 0 Å². The van der Waals surface area contributed by atoms with Gasteiger partial charge in [0.1, 0.15) is 0 Å². The molecule has 2 fully saturated rings. The number of amides is 1. The molecule has 6 heteroatoms. The number of nitrogens with two attached hydrogens (primary N) is 1. The normalized spacial score (nSPS) is 30.7. The van der Waals surface area contributed by atoms with Gasteiger partial charge in [0.25, 0.3) is 0 Å². The van der Waals surface area contributed by atoms with Crippen molar-refractivity contribution in [1.29, 1.82) is 0 Å². The van der Waals surface area contributed by atoms with Gasteiger partial charge in [-0.1, -0.05) is 26.7 Å². The Hall–Kier alpha value is -0.0300. The third-order valence-electron chi connectivity index (χ3n) is 5.56. The molecule has 2 rings (SSSR count). The van der Waals surface area contributed by atoms with E-state index in [2.05, 4.69) is 30.6 Å². The molecular weight excluding hydrogens is 333 g/mol. The first-order chi connectivity index (χ1) is 9.97. The van der Waals surface area contributed by atoms with Crippen LogP contribution < -0.4 is 5.73 Å². The Kier molecular flexibility index (Phi) is 10.1. The number of rotatable bonds is 5. The molecule has 1 heterocycles. The zero-order chi connectivity index (χ0) is 15.5. The molecule has 1 saturated heterocycles. The van der Waals surface area contributed by atoms with Crippen LogP contribution in [0.3, 0.4) is 0 Å². The lowest BCUT2D eigenvalue weighted by molar-refractivity contribution is -0.138. The molecule has 23 heavy (non-hydrogen) atoms. The molecule has 0 aromatic rings. The topological polar surface area (TPSA) is 49.6 Å².